The zero-order chi connectivity index (χ0) is 10.7. The van der Waals surface area contributed by atoms with Crippen molar-refractivity contribution in [2.75, 3.05) is 6.54 Å². The van der Waals surface area contributed by atoms with E-state index in [0.29, 0.717) is 0 Å². The third-order valence-electron chi connectivity index (χ3n) is 2.05. The van der Waals surface area contributed by atoms with Gasteiger partial charge in [0, 0.05) is 4.91 Å². The second kappa shape index (κ2) is 4.59. The molecule has 1 aliphatic rings. The van der Waals surface area contributed by atoms with Crippen LogP contribution in [0.1, 0.15) is 0 Å². The molecule has 0 amide bonds. The molecule has 1 saturated heterocycles. The SMILES string of the molecule is [CH][C@@H]1O[C@@H](C(O)CN=[N+]=[N-])[C@H](O)C1O. The maximum Gasteiger partial charge on any atom is 0.112 e. The van der Waals surface area contributed by atoms with E-state index in [1.807, 2.05) is 0 Å². The molecule has 2 unspecified atom stereocenters. The van der Waals surface area contributed by atoms with Crippen molar-refractivity contribution in [2.24, 2.45) is 5.11 Å². The molecule has 1 heterocycles. The highest BCUT2D eigenvalue weighted by Crippen LogP contribution is 2.23. The first kappa shape index (κ1) is 11.2. The Bertz CT molecular complexity index is 243. The van der Waals surface area contributed by atoms with Crippen LogP contribution in [0.2, 0.25) is 0 Å². The summed E-state index contributed by atoms with van der Waals surface area (Å²) in [5.74, 6) is 0. The minimum absolute atomic E-state index is 0.238. The normalized spacial score (nSPS) is 39.1. The van der Waals surface area contributed by atoms with Crippen molar-refractivity contribution >= 4 is 0 Å². The van der Waals surface area contributed by atoms with Crippen molar-refractivity contribution in [3.8, 4) is 0 Å². The van der Waals surface area contributed by atoms with Gasteiger partial charge in [0.15, 0.2) is 0 Å². The summed E-state index contributed by atoms with van der Waals surface area (Å²) in [4.78, 5) is 2.44. The first-order chi connectivity index (χ1) is 6.57. The number of azide groups is 1. The van der Waals surface area contributed by atoms with Gasteiger partial charge in [0.1, 0.15) is 18.3 Å². The summed E-state index contributed by atoms with van der Waals surface area (Å²) in [5, 5.41) is 31.0. The molecule has 1 fully saturated rings. The van der Waals surface area contributed by atoms with Gasteiger partial charge >= 0.3 is 0 Å². The number of aliphatic hydroxyl groups is 3. The third-order valence-corrected chi connectivity index (χ3v) is 2.05. The van der Waals surface area contributed by atoms with Crippen LogP contribution in [-0.4, -0.2) is 52.4 Å². The van der Waals surface area contributed by atoms with Gasteiger partial charge in [-0.3, -0.25) is 0 Å². The predicted molar refractivity (Wildman–Crippen MR) is 45.0 cm³/mol. The van der Waals surface area contributed by atoms with Crippen molar-refractivity contribution in [1.82, 2.24) is 0 Å². The smallest absolute Gasteiger partial charge is 0.112 e. The van der Waals surface area contributed by atoms with Gasteiger partial charge in [-0.2, -0.15) is 0 Å². The van der Waals surface area contributed by atoms with E-state index in [-0.39, 0.29) is 6.54 Å². The van der Waals surface area contributed by atoms with Crippen LogP contribution in [0, 0.1) is 6.92 Å². The van der Waals surface area contributed by atoms with Gasteiger partial charge in [0.25, 0.3) is 0 Å². The average Bonchev–Trinajstić information content (AvgIpc) is 2.42. The first-order valence-electron chi connectivity index (χ1n) is 4.04. The standard InChI is InChI=1S/C7H11N3O4/c1-3-5(12)6(13)7(14-3)4(11)2-9-10-8/h1,3-7,11-13H,2H2/t3-,4?,5?,6+,7-/m0/s1. The fourth-order valence-electron chi connectivity index (χ4n) is 1.27. The number of hydrogen-bond donors (Lipinski definition) is 3. The maximum absolute atomic E-state index is 9.37. The van der Waals surface area contributed by atoms with Crippen LogP contribution in [0.15, 0.2) is 5.11 Å². The average molecular weight is 201 g/mol. The lowest BCUT2D eigenvalue weighted by atomic mass is 10.0. The molecular formula is C7H11N3O4. The molecule has 0 aromatic carbocycles. The van der Waals surface area contributed by atoms with Crippen molar-refractivity contribution in [3.63, 3.8) is 0 Å². The molecule has 0 saturated carbocycles. The molecule has 5 atom stereocenters. The zero-order valence-electron chi connectivity index (χ0n) is 7.26. The monoisotopic (exact) mass is 201 g/mol. The van der Waals surface area contributed by atoms with E-state index < -0.39 is 30.5 Å². The van der Waals surface area contributed by atoms with E-state index in [4.69, 9.17) is 17.2 Å². The molecule has 2 radical (unpaired) electrons. The number of aliphatic hydroxyl groups excluding tert-OH is 3. The van der Waals surface area contributed by atoms with Gasteiger partial charge in [-0.05, 0) is 12.5 Å². The summed E-state index contributed by atoms with van der Waals surface area (Å²) in [7, 11) is 0. The number of rotatable bonds is 3. The molecule has 0 bridgehead atoms. The van der Waals surface area contributed by atoms with Gasteiger partial charge in [0.05, 0.1) is 18.8 Å². The molecule has 1 rings (SSSR count). The van der Waals surface area contributed by atoms with Gasteiger partial charge in [-0.1, -0.05) is 5.11 Å². The molecule has 14 heavy (non-hydrogen) atoms. The molecular weight excluding hydrogens is 190 g/mol. The first-order valence-corrected chi connectivity index (χ1v) is 4.04. The van der Waals surface area contributed by atoms with Gasteiger partial charge in [-0.25, -0.2) is 0 Å². The Hall–Kier alpha value is -0.850. The minimum atomic E-state index is -1.27. The maximum atomic E-state index is 9.37. The highest BCUT2D eigenvalue weighted by atomic mass is 16.6. The topological polar surface area (TPSA) is 119 Å². The number of nitrogens with zero attached hydrogens (tertiary/aromatic N) is 3. The summed E-state index contributed by atoms with van der Waals surface area (Å²) in [6.07, 6.45) is -5.74. The van der Waals surface area contributed by atoms with Crippen LogP contribution in [0.4, 0.5) is 0 Å². The Morgan fingerprint density at radius 3 is 2.57 bits per heavy atom. The molecule has 0 spiro atoms. The van der Waals surface area contributed by atoms with Gasteiger partial charge in [0.2, 0.25) is 0 Å². The fraction of sp³-hybridized carbons (Fsp3) is 0.857. The van der Waals surface area contributed by atoms with Crippen LogP contribution in [0.3, 0.4) is 0 Å². The highest BCUT2D eigenvalue weighted by Gasteiger charge is 2.43. The van der Waals surface area contributed by atoms with Crippen LogP contribution in [0.25, 0.3) is 10.4 Å². The molecule has 7 heteroatoms. The van der Waals surface area contributed by atoms with Crippen LogP contribution in [-0.2, 0) is 4.74 Å². The van der Waals surface area contributed by atoms with Crippen molar-refractivity contribution < 1.29 is 20.1 Å². The predicted octanol–water partition coefficient (Wildman–Crippen LogP) is -1.14. The molecule has 0 aliphatic carbocycles. The molecule has 7 nitrogen and oxygen atoms in total. The van der Waals surface area contributed by atoms with E-state index in [1.165, 1.54) is 0 Å². The number of ether oxygens (including phenoxy) is 1. The Morgan fingerprint density at radius 1 is 1.50 bits per heavy atom. The van der Waals surface area contributed by atoms with Crippen LogP contribution < -0.4 is 0 Å². The van der Waals surface area contributed by atoms with Crippen LogP contribution in [0.5, 0.6) is 0 Å². The third kappa shape index (κ3) is 2.14. The summed E-state index contributed by atoms with van der Waals surface area (Å²) in [6, 6.07) is 0. The Labute approximate surface area is 80.6 Å². The Balaban J connectivity index is 2.56. The zero-order valence-corrected chi connectivity index (χ0v) is 7.26. The highest BCUT2D eigenvalue weighted by molar-refractivity contribution is 4.95. The Morgan fingerprint density at radius 2 is 2.14 bits per heavy atom. The summed E-state index contributed by atoms with van der Waals surface area (Å²) in [5.41, 5.74) is 8.00. The molecule has 78 valence electrons. The summed E-state index contributed by atoms with van der Waals surface area (Å²) in [6.45, 7) is 5.04. The van der Waals surface area contributed by atoms with Crippen molar-refractivity contribution in [1.29, 1.82) is 0 Å². The number of hydrogen-bond acceptors (Lipinski definition) is 5. The molecule has 0 aromatic heterocycles. The minimum Gasteiger partial charge on any atom is -0.390 e. The second-order valence-corrected chi connectivity index (χ2v) is 3.03. The van der Waals surface area contributed by atoms with E-state index in [2.05, 4.69) is 10.0 Å². The van der Waals surface area contributed by atoms with E-state index >= 15 is 0 Å². The summed E-state index contributed by atoms with van der Waals surface area (Å²) < 4.78 is 4.89. The van der Waals surface area contributed by atoms with Gasteiger partial charge in [-0.15, -0.1) is 0 Å². The van der Waals surface area contributed by atoms with E-state index in [9.17, 15) is 15.3 Å². The van der Waals surface area contributed by atoms with E-state index in [1.54, 1.807) is 0 Å². The van der Waals surface area contributed by atoms with E-state index in [0.717, 1.165) is 0 Å². The van der Waals surface area contributed by atoms with Gasteiger partial charge < -0.3 is 20.1 Å². The lowest BCUT2D eigenvalue weighted by molar-refractivity contribution is -0.0542. The molecule has 0 aromatic rings. The molecule has 1 aliphatic heterocycles. The largest absolute Gasteiger partial charge is 0.390 e. The van der Waals surface area contributed by atoms with Crippen molar-refractivity contribution in [3.05, 3.63) is 17.4 Å². The molecule has 3 N–H and O–H groups in total. The quantitative estimate of drug-likeness (QED) is 0.303. The summed E-state index contributed by atoms with van der Waals surface area (Å²) >= 11 is 0. The van der Waals surface area contributed by atoms with Crippen LogP contribution >= 0.6 is 0 Å². The lowest BCUT2D eigenvalue weighted by Crippen LogP contribution is -2.40. The Kier molecular flexibility index (Phi) is 3.68. The fourth-order valence-corrected chi connectivity index (χ4v) is 1.27. The second-order valence-electron chi connectivity index (χ2n) is 3.03. The lowest BCUT2D eigenvalue weighted by Gasteiger charge is -2.19. The van der Waals surface area contributed by atoms with Crippen molar-refractivity contribution in [2.45, 2.75) is 30.5 Å².